The Hall–Kier alpha value is -1.35. The number of fused-ring (bicyclic) bond motifs is 1. The van der Waals surface area contributed by atoms with Gasteiger partial charge in [-0.2, -0.15) is 0 Å². The van der Waals surface area contributed by atoms with Gasteiger partial charge in [0.25, 0.3) is 0 Å². The van der Waals surface area contributed by atoms with Gasteiger partial charge in [-0.1, -0.05) is 18.6 Å². The Morgan fingerprint density at radius 2 is 2.13 bits per heavy atom. The van der Waals surface area contributed by atoms with Crippen LogP contribution >= 0.6 is 0 Å². The summed E-state index contributed by atoms with van der Waals surface area (Å²) in [5, 5.41) is 9.92. The first-order valence-corrected chi connectivity index (χ1v) is 9.19. The quantitative estimate of drug-likeness (QED) is 0.928. The Balaban J connectivity index is 1.58. The first kappa shape index (κ1) is 15.2. The molecule has 0 radical (unpaired) electrons. The van der Waals surface area contributed by atoms with Gasteiger partial charge in [0.05, 0.1) is 0 Å². The second kappa shape index (κ2) is 5.94. The highest BCUT2D eigenvalue weighted by molar-refractivity contribution is 5.80. The third-order valence-corrected chi connectivity index (χ3v) is 6.62. The maximum absolute atomic E-state index is 12.1. The summed E-state index contributed by atoms with van der Waals surface area (Å²) < 4.78 is 0. The molecule has 2 aliphatic carbocycles. The normalized spacial score (nSPS) is 32.3. The van der Waals surface area contributed by atoms with Crippen molar-refractivity contribution in [2.75, 3.05) is 19.6 Å². The van der Waals surface area contributed by atoms with Crippen LogP contribution in [0.4, 0.5) is 0 Å². The van der Waals surface area contributed by atoms with Gasteiger partial charge in [0.15, 0.2) is 0 Å². The number of hydrogen-bond donors (Lipinski definition) is 1. The van der Waals surface area contributed by atoms with E-state index in [9.17, 15) is 9.90 Å². The lowest BCUT2D eigenvalue weighted by Crippen LogP contribution is -2.53. The smallest absolute Gasteiger partial charge is 0.133 e. The molecule has 3 heteroatoms. The molecule has 3 fully saturated rings. The molecule has 0 bridgehead atoms. The maximum Gasteiger partial charge on any atom is 0.133 e. The lowest BCUT2D eigenvalue weighted by molar-refractivity contribution is -0.125. The molecule has 3 nitrogen and oxygen atoms in total. The van der Waals surface area contributed by atoms with Gasteiger partial charge in [-0.25, -0.2) is 0 Å². The summed E-state index contributed by atoms with van der Waals surface area (Å²) in [7, 11) is 0. The average molecular weight is 313 g/mol. The molecule has 2 saturated carbocycles. The highest BCUT2D eigenvalue weighted by Gasteiger charge is 2.47. The molecule has 0 spiro atoms. The number of carbonyl (C=O) groups excluding carboxylic acids is 1. The average Bonchev–Trinajstić information content (AvgIpc) is 2.51. The van der Waals surface area contributed by atoms with Crippen molar-refractivity contribution in [3.8, 4) is 5.75 Å². The lowest BCUT2D eigenvalue weighted by atomic mass is 9.59. The van der Waals surface area contributed by atoms with Crippen LogP contribution in [-0.2, 0) is 10.2 Å². The van der Waals surface area contributed by atoms with Crippen LogP contribution in [0.1, 0.15) is 50.5 Å². The van der Waals surface area contributed by atoms with Crippen LogP contribution < -0.4 is 0 Å². The van der Waals surface area contributed by atoms with Gasteiger partial charge in [-0.05, 0) is 61.8 Å². The van der Waals surface area contributed by atoms with Crippen LogP contribution in [0.5, 0.6) is 5.75 Å². The standard InChI is InChI=1S/C20H27NO2/c22-18-6-2-5-16(11-18)20-8-7-19(23)12-17(20)14-21(10-9-20)13-15-3-1-4-15/h2,5-6,11,15,17,22H,1,3-4,7-10,12-14H2/t17-,20-/m0/s1. The molecule has 0 unspecified atom stereocenters. The number of aromatic hydroxyl groups is 1. The Labute approximate surface area is 138 Å². The minimum absolute atomic E-state index is 0.1000. The Bertz CT molecular complexity index is 595. The summed E-state index contributed by atoms with van der Waals surface area (Å²) in [6, 6.07) is 7.79. The molecule has 1 aromatic carbocycles. The van der Waals surface area contributed by atoms with Gasteiger partial charge in [-0.15, -0.1) is 0 Å². The molecule has 1 heterocycles. The second-order valence-corrected chi connectivity index (χ2v) is 7.95. The first-order valence-electron chi connectivity index (χ1n) is 9.19. The van der Waals surface area contributed by atoms with E-state index in [0.717, 1.165) is 38.3 Å². The van der Waals surface area contributed by atoms with Crippen molar-refractivity contribution in [3.63, 3.8) is 0 Å². The fourth-order valence-corrected chi connectivity index (χ4v) is 5.01. The maximum atomic E-state index is 12.1. The summed E-state index contributed by atoms with van der Waals surface area (Å²) in [6.07, 6.45) is 7.67. The molecule has 1 aromatic rings. The van der Waals surface area contributed by atoms with Crippen LogP contribution in [0.25, 0.3) is 0 Å². The van der Waals surface area contributed by atoms with Crippen LogP contribution in [0, 0.1) is 11.8 Å². The number of benzene rings is 1. The minimum atomic E-state index is 0.1000. The number of rotatable bonds is 3. The summed E-state index contributed by atoms with van der Waals surface area (Å²) >= 11 is 0. The van der Waals surface area contributed by atoms with E-state index in [-0.39, 0.29) is 5.41 Å². The minimum Gasteiger partial charge on any atom is -0.508 e. The third kappa shape index (κ3) is 2.80. The van der Waals surface area contributed by atoms with Gasteiger partial charge < -0.3 is 10.0 Å². The van der Waals surface area contributed by atoms with Crippen molar-refractivity contribution >= 4 is 5.78 Å². The second-order valence-electron chi connectivity index (χ2n) is 7.95. The van der Waals surface area contributed by atoms with Gasteiger partial charge in [0.1, 0.15) is 11.5 Å². The van der Waals surface area contributed by atoms with Crippen LogP contribution in [0.3, 0.4) is 0 Å². The molecular weight excluding hydrogens is 286 g/mol. The molecule has 0 amide bonds. The van der Waals surface area contributed by atoms with Crippen molar-refractivity contribution in [2.24, 2.45) is 11.8 Å². The van der Waals surface area contributed by atoms with Gasteiger partial charge in [-0.3, -0.25) is 4.79 Å². The van der Waals surface area contributed by atoms with Crippen molar-refractivity contribution in [1.29, 1.82) is 0 Å². The Kier molecular flexibility index (Phi) is 3.92. The van der Waals surface area contributed by atoms with E-state index in [0.29, 0.717) is 23.9 Å². The van der Waals surface area contributed by atoms with Crippen molar-refractivity contribution in [1.82, 2.24) is 4.90 Å². The zero-order valence-electron chi connectivity index (χ0n) is 13.8. The zero-order valence-corrected chi connectivity index (χ0v) is 13.8. The van der Waals surface area contributed by atoms with Crippen molar-refractivity contribution < 1.29 is 9.90 Å². The first-order chi connectivity index (χ1) is 11.2. The van der Waals surface area contributed by atoms with Gasteiger partial charge >= 0.3 is 0 Å². The molecular formula is C20H27NO2. The van der Waals surface area contributed by atoms with E-state index in [4.69, 9.17) is 0 Å². The predicted octanol–water partition coefficient (Wildman–Crippen LogP) is 3.51. The number of phenolic OH excluding ortho intramolecular Hbond substituents is 1. The Morgan fingerprint density at radius 1 is 1.26 bits per heavy atom. The number of likely N-dealkylation sites (tertiary alicyclic amines) is 1. The lowest BCUT2D eigenvalue weighted by Gasteiger charge is -2.51. The fourth-order valence-electron chi connectivity index (χ4n) is 5.01. The summed E-state index contributed by atoms with van der Waals surface area (Å²) in [5.41, 5.74) is 1.35. The van der Waals surface area contributed by atoms with Crippen molar-refractivity contribution in [2.45, 2.75) is 50.4 Å². The van der Waals surface area contributed by atoms with E-state index in [1.807, 2.05) is 12.1 Å². The highest BCUT2D eigenvalue weighted by atomic mass is 16.3. The number of piperidine rings is 1. The topological polar surface area (TPSA) is 40.5 Å². The molecule has 2 atom stereocenters. The van der Waals surface area contributed by atoms with Crippen LogP contribution in [0.15, 0.2) is 24.3 Å². The van der Waals surface area contributed by atoms with E-state index < -0.39 is 0 Å². The molecule has 1 N–H and O–H groups in total. The number of hydrogen-bond acceptors (Lipinski definition) is 3. The largest absolute Gasteiger partial charge is 0.508 e. The van der Waals surface area contributed by atoms with Crippen LogP contribution in [-0.4, -0.2) is 35.4 Å². The number of carbonyl (C=O) groups is 1. The number of nitrogens with zero attached hydrogens (tertiary/aromatic N) is 1. The van der Waals surface area contributed by atoms with Gasteiger partial charge in [0.2, 0.25) is 0 Å². The van der Waals surface area contributed by atoms with Crippen molar-refractivity contribution in [3.05, 3.63) is 29.8 Å². The predicted molar refractivity (Wildman–Crippen MR) is 90.5 cm³/mol. The number of Topliss-reactive ketones (excluding diaryl/α,β-unsaturated/α-hetero) is 1. The van der Waals surface area contributed by atoms with Crippen LogP contribution in [0.2, 0.25) is 0 Å². The third-order valence-electron chi connectivity index (χ3n) is 6.62. The summed E-state index contributed by atoms with van der Waals surface area (Å²) in [5.74, 6) is 2.09. The molecule has 23 heavy (non-hydrogen) atoms. The number of ketones is 1. The molecule has 3 aliphatic rings. The Morgan fingerprint density at radius 3 is 2.87 bits per heavy atom. The highest BCUT2D eigenvalue weighted by Crippen LogP contribution is 2.49. The zero-order chi connectivity index (χ0) is 15.9. The van der Waals surface area contributed by atoms with E-state index in [2.05, 4.69) is 11.0 Å². The fraction of sp³-hybridized carbons (Fsp3) is 0.650. The van der Waals surface area contributed by atoms with E-state index in [1.165, 1.54) is 31.4 Å². The van der Waals surface area contributed by atoms with E-state index in [1.54, 1.807) is 6.07 Å². The molecule has 124 valence electrons. The van der Waals surface area contributed by atoms with Gasteiger partial charge in [0, 0.05) is 31.3 Å². The van der Waals surface area contributed by atoms with E-state index >= 15 is 0 Å². The monoisotopic (exact) mass is 313 g/mol. The molecule has 4 rings (SSSR count). The SMILES string of the molecule is O=C1CC[C@@]2(c3cccc(O)c3)CCN(CC3CCC3)C[C@@H]2C1. The number of phenols is 1. The summed E-state index contributed by atoms with van der Waals surface area (Å²) in [4.78, 5) is 14.7. The summed E-state index contributed by atoms with van der Waals surface area (Å²) in [6.45, 7) is 3.41. The molecule has 1 saturated heterocycles. The molecule has 1 aliphatic heterocycles. The molecule has 0 aromatic heterocycles.